The molecule has 0 unspecified atom stereocenters. The van der Waals surface area contributed by atoms with Crippen molar-refractivity contribution in [1.29, 1.82) is 5.26 Å². The summed E-state index contributed by atoms with van der Waals surface area (Å²) in [5, 5.41) is 9.30. The minimum atomic E-state index is -0.610. The van der Waals surface area contributed by atoms with Crippen molar-refractivity contribution in [3.8, 4) is 28.5 Å². The molecule has 0 saturated heterocycles. The van der Waals surface area contributed by atoms with Crippen molar-refractivity contribution in [3.63, 3.8) is 0 Å². The molecule has 23 heavy (non-hydrogen) atoms. The van der Waals surface area contributed by atoms with Gasteiger partial charge in [-0.25, -0.2) is 4.79 Å². The van der Waals surface area contributed by atoms with Gasteiger partial charge in [-0.2, -0.15) is 5.26 Å². The van der Waals surface area contributed by atoms with Gasteiger partial charge in [-0.15, -0.1) is 0 Å². The monoisotopic (exact) mass is 301 g/mol. The average molecular weight is 301 g/mol. The lowest BCUT2D eigenvalue weighted by atomic mass is 9.99. The van der Waals surface area contributed by atoms with Crippen molar-refractivity contribution in [2.75, 3.05) is 0 Å². The van der Waals surface area contributed by atoms with Crippen LogP contribution in [0.3, 0.4) is 0 Å². The van der Waals surface area contributed by atoms with E-state index in [2.05, 4.69) is 0 Å². The normalized spacial score (nSPS) is 10.3. The van der Waals surface area contributed by atoms with Crippen LogP contribution >= 0.6 is 0 Å². The number of hydrogen-bond donors (Lipinski definition) is 0. The van der Waals surface area contributed by atoms with Crippen LogP contribution < -0.4 is 5.63 Å². The minimum absolute atomic E-state index is 0.0321. The lowest BCUT2D eigenvalue weighted by Crippen LogP contribution is -2.07. The van der Waals surface area contributed by atoms with Gasteiger partial charge in [0.1, 0.15) is 17.4 Å². The molecule has 1 heterocycles. The summed E-state index contributed by atoms with van der Waals surface area (Å²) in [5.74, 6) is 0.463. The standard InChI is InChI=1S/C20H15NO2/c1-13-3-7-15(8-4-13)17-11-19(23-20(22)18(17)12-21)16-9-5-14(2)6-10-16/h3-11H,1-2H3. The van der Waals surface area contributed by atoms with Crippen LogP contribution in [0.15, 0.2) is 63.8 Å². The van der Waals surface area contributed by atoms with E-state index >= 15 is 0 Å². The van der Waals surface area contributed by atoms with Crippen molar-refractivity contribution in [2.24, 2.45) is 0 Å². The molecule has 0 radical (unpaired) electrons. The minimum Gasteiger partial charge on any atom is -0.422 e. The van der Waals surface area contributed by atoms with Crippen LogP contribution in [0.1, 0.15) is 16.7 Å². The number of aryl methyl sites for hydroxylation is 2. The van der Waals surface area contributed by atoms with Gasteiger partial charge >= 0.3 is 5.63 Å². The maximum Gasteiger partial charge on any atom is 0.354 e. The van der Waals surface area contributed by atoms with E-state index < -0.39 is 5.63 Å². The summed E-state index contributed by atoms with van der Waals surface area (Å²) in [6.45, 7) is 3.99. The third kappa shape index (κ3) is 2.93. The third-order valence-electron chi connectivity index (χ3n) is 3.76. The van der Waals surface area contributed by atoms with Crippen LogP contribution in [0.4, 0.5) is 0 Å². The molecular weight excluding hydrogens is 286 g/mol. The average Bonchev–Trinajstić information content (AvgIpc) is 2.55. The molecule has 3 aromatic rings. The molecule has 0 bridgehead atoms. The van der Waals surface area contributed by atoms with Gasteiger partial charge in [0.15, 0.2) is 0 Å². The molecule has 0 aliphatic heterocycles. The molecule has 3 rings (SSSR count). The summed E-state index contributed by atoms with van der Waals surface area (Å²) in [6, 6.07) is 19.2. The summed E-state index contributed by atoms with van der Waals surface area (Å²) in [4.78, 5) is 12.2. The molecule has 0 spiro atoms. The summed E-state index contributed by atoms with van der Waals surface area (Å²) in [7, 11) is 0. The highest BCUT2D eigenvalue weighted by atomic mass is 16.4. The number of rotatable bonds is 2. The van der Waals surface area contributed by atoms with Crippen LogP contribution in [0.5, 0.6) is 0 Å². The third-order valence-corrected chi connectivity index (χ3v) is 3.76. The summed E-state index contributed by atoms with van der Waals surface area (Å²) in [5.41, 5.74) is 3.90. The van der Waals surface area contributed by atoms with Crippen molar-refractivity contribution in [3.05, 3.63) is 81.7 Å². The molecule has 0 fully saturated rings. The van der Waals surface area contributed by atoms with E-state index in [4.69, 9.17) is 4.42 Å². The smallest absolute Gasteiger partial charge is 0.354 e. The SMILES string of the molecule is Cc1ccc(-c2cc(-c3ccc(C)cc3)c(C#N)c(=O)o2)cc1. The first-order chi connectivity index (χ1) is 11.1. The van der Waals surface area contributed by atoms with Crippen LogP contribution in [0.2, 0.25) is 0 Å². The van der Waals surface area contributed by atoms with Crippen LogP contribution in [0.25, 0.3) is 22.5 Å². The van der Waals surface area contributed by atoms with Crippen molar-refractivity contribution in [1.82, 2.24) is 0 Å². The highest BCUT2D eigenvalue weighted by Crippen LogP contribution is 2.27. The first kappa shape index (κ1) is 14.8. The van der Waals surface area contributed by atoms with Gasteiger partial charge < -0.3 is 4.42 Å². The quantitative estimate of drug-likeness (QED) is 0.702. The van der Waals surface area contributed by atoms with Crippen molar-refractivity contribution in [2.45, 2.75) is 13.8 Å². The predicted octanol–water partition coefficient (Wildman–Crippen LogP) is 4.46. The van der Waals surface area contributed by atoms with Gasteiger partial charge in [-0.05, 0) is 25.5 Å². The van der Waals surface area contributed by atoms with Crippen molar-refractivity contribution < 1.29 is 4.42 Å². The Morgan fingerprint density at radius 3 is 1.91 bits per heavy atom. The zero-order chi connectivity index (χ0) is 16.4. The fraction of sp³-hybridized carbons (Fsp3) is 0.100. The molecule has 0 aliphatic rings. The lowest BCUT2D eigenvalue weighted by Gasteiger charge is -2.07. The molecule has 3 heteroatoms. The van der Waals surface area contributed by atoms with Gasteiger partial charge in [0.25, 0.3) is 0 Å². The molecule has 3 nitrogen and oxygen atoms in total. The first-order valence-corrected chi connectivity index (χ1v) is 7.31. The Balaban J connectivity index is 2.22. The zero-order valence-corrected chi connectivity index (χ0v) is 13.0. The summed E-state index contributed by atoms with van der Waals surface area (Å²) < 4.78 is 5.33. The van der Waals surface area contributed by atoms with E-state index in [-0.39, 0.29) is 5.56 Å². The second kappa shape index (κ2) is 5.94. The predicted molar refractivity (Wildman–Crippen MR) is 90.0 cm³/mol. The molecule has 1 aromatic heterocycles. The van der Waals surface area contributed by atoms with E-state index in [9.17, 15) is 10.1 Å². The highest BCUT2D eigenvalue weighted by Gasteiger charge is 2.14. The Hall–Kier alpha value is -3.12. The van der Waals surface area contributed by atoms with Crippen molar-refractivity contribution >= 4 is 0 Å². The maximum atomic E-state index is 12.2. The summed E-state index contributed by atoms with van der Waals surface area (Å²) >= 11 is 0. The second-order valence-electron chi connectivity index (χ2n) is 5.53. The molecule has 0 saturated carbocycles. The van der Waals surface area contributed by atoms with Crippen LogP contribution in [0, 0.1) is 25.2 Å². The number of nitrogens with zero attached hydrogens (tertiary/aromatic N) is 1. The number of benzene rings is 2. The Bertz CT molecular complexity index is 943. The van der Waals surface area contributed by atoms with Gasteiger partial charge in [-0.3, -0.25) is 0 Å². The second-order valence-corrected chi connectivity index (χ2v) is 5.53. The van der Waals surface area contributed by atoms with Gasteiger partial charge in [0, 0.05) is 11.1 Å². The Morgan fingerprint density at radius 2 is 1.39 bits per heavy atom. The van der Waals surface area contributed by atoms with E-state index in [1.165, 1.54) is 0 Å². The number of hydrogen-bond acceptors (Lipinski definition) is 3. The van der Waals surface area contributed by atoms with Crippen LogP contribution in [-0.4, -0.2) is 0 Å². The highest BCUT2D eigenvalue weighted by molar-refractivity contribution is 5.74. The molecular formula is C20H15NO2. The molecule has 0 N–H and O–H groups in total. The van der Waals surface area contributed by atoms with E-state index in [1.54, 1.807) is 6.07 Å². The summed E-state index contributed by atoms with van der Waals surface area (Å²) in [6.07, 6.45) is 0. The molecule has 2 aromatic carbocycles. The maximum absolute atomic E-state index is 12.2. The van der Waals surface area contributed by atoms with Gasteiger partial charge in [0.2, 0.25) is 0 Å². The van der Waals surface area contributed by atoms with E-state index in [1.807, 2.05) is 68.4 Å². The molecule has 0 atom stereocenters. The fourth-order valence-electron chi connectivity index (χ4n) is 2.42. The van der Waals surface area contributed by atoms with Gasteiger partial charge in [-0.1, -0.05) is 59.7 Å². The van der Waals surface area contributed by atoms with Gasteiger partial charge in [0.05, 0.1) is 0 Å². The Morgan fingerprint density at radius 1 is 0.870 bits per heavy atom. The lowest BCUT2D eigenvalue weighted by molar-refractivity contribution is 0.524. The topological polar surface area (TPSA) is 54.0 Å². The molecule has 0 amide bonds. The fourth-order valence-corrected chi connectivity index (χ4v) is 2.42. The van der Waals surface area contributed by atoms with Crippen LogP contribution in [-0.2, 0) is 0 Å². The van der Waals surface area contributed by atoms with E-state index in [0.29, 0.717) is 11.3 Å². The number of nitriles is 1. The van der Waals surface area contributed by atoms with E-state index in [0.717, 1.165) is 22.3 Å². The molecule has 0 aliphatic carbocycles. The first-order valence-electron chi connectivity index (χ1n) is 7.31. The molecule has 112 valence electrons. The zero-order valence-electron chi connectivity index (χ0n) is 13.0. The Kier molecular flexibility index (Phi) is 3.82. The Labute approximate surface area is 134 Å². The largest absolute Gasteiger partial charge is 0.422 e.